The Balaban J connectivity index is 2.04. The number of halogens is 2. The van der Waals surface area contributed by atoms with Gasteiger partial charge in [-0.1, -0.05) is 29.3 Å². The van der Waals surface area contributed by atoms with Gasteiger partial charge in [-0.05, 0) is 12.1 Å². The van der Waals surface area contributed by atoms with Crippen molar-refractivity contribution in [2.45, 2.75) is 0 Å². The number of aromatic nitrogens is 3. The molecule has 0 atom stereocenters. The standard InChI is InChI=1S/C10H7Cl2N5O2/c11-6-2-1-3-7(8(6)12)15-9(18)10(19)16-17-4-13-14-5-17/h1-5H,(H,15,18)(H,16,19). The topological polar surface area (TPSA) is 88.9 Å². The molecule has 2 N–H and O–H groups in total. The average molecular weight is 300 g/mol. The van der Waals surface area contributed by atoms with Crippen molar-refractivity contribution >= 4 is 40.7 Å². The Morgan fingerprint density at radius 1 is 1.11 bits per heavy atom. The molecule has 0 aliphatic carbocycles. The molecule has 9 heteroatoms. The zero-order valence-electron chi connectivity index (χ0n) is 9.30. The van der Waals surface area contributed by atoms with Gasteiger partial charge in [-0.2, -0.15) is 0 Å². The van der Waals surface area contributed by atoms with Gasteiger partial charge in [0.15, 0.2) is 0 Å². The molecule has 0 saturated heterocycles. The minimum atomic E-state index is -0.893. The second kappa shape index (κ2) is 5.68. The summed E-state index contributed by atoms with van der Waals surface area (Å²) in [5, 5.41) is 9.72. The Morgan fingerprint density at radius 2 is 1.79 bits per heavy atom. The van der Waals surface area contributed by atoms with E-state index in [1.165, 1.54) is 18.7 Å². The normalized spacial score (nSPS) is 10.0. The number of hydrogen-bond acceptors (Lipinski definition) is 4. The van der Waals surface area contributed by atoms with Crippen molar-refractivity contribution in [2.24, 2.45) is 0 Å². The molecule has 0 radical (unpaired) electrons. The van der Waals surface area contributed by atoms with Crippen LogP contribution in [0.4, 0.5) is 5.69 Å². The van der Waals surface area contributed by atoms with Crippen molar-refractivity contribution < 1.29 is 9.59 Å². The zero-order valence-corrected chi connectivity index (χ0v) is 10.8. The third kappa shape index (κ3) is 3.21. The van der Waals surface area contributed by atoms with Gasteiger partial charge in [0.05, 0.1) is 15.7 Å². The van der Waals surface area contributed by atoms with E-state index in [0.717, 1.165) is 4.68 Å². The number of rotatable bonds is 2. The first-order valence-corrected chi connectivity index (χ1v) is 5.74. The van der Waals surface area contributed by atoms with Gasteiger partial charge in [-0.25, -0.2) is 4.68 Å². The van der Waals surface area contributed by atoms with Crippen molar-refractivity contribution in [1.29, 1.82) is 0 Å². The molecule has 7 nitrogen and oxygen atoms in total. The van der Waals surface area contributed by atoms with Gasteiger partial charge in [-0.3, -0.25) is 15.0 Å². The van der Waals surface area contributed by atoms with Crippen LogP contribution in [0, 0.1) is 0 Å². The van der Waals surface area contributed by atoms with Crippen LogP contribution < -0.4 is 10.7 Å². The van der Waals surface area contributed by atoms with E-state index < -0.39 is 11.8 Å². The predicted molar refractivity (Wildman–Crippen MR) is 69.5 cm³/mol. The SMILES string of the molecule is O=C(Nc1cccc(Cl)c1Cl)C(=O)Nn1cnnc1. The maximum Gasteiger partial charge on any atom is 0.328 e. The van der Waals surface area contributed by atoms with Crippen LogP contribution in [-0.4, -0.2) is 26.7 Å². The number of carbonyl (C=O) groups excluding carboxylic acids is 2. The summed E-state index contributed by atoms with van der Waals surface area (Å²) in [6.45, 7) is 0. The molecule has 0 aliphatic rings. The molecular formula is C10H7Cl2N5O2. The minimum absolute atomic E-state index is 0.162. The van der Waals surface area contributed by atoms with Crippen LogP contribution in [0.1, 0.15) is 0 Å². The van der Waals surface area contributed by atoms with E-state index in [9.17, 15) is 9.59 Å². The largest absolute Gasteiger partial charge is 0.328 e. The highest BCUT2D eigenvalue weighted by Gasteiger charge is 2.16. The molecule has 0 aliphatic heterocycles. The molecule has 0 fully saturated rings. The number of hydrogen-bond donors (Lipinski definition) is 2. The van der Waals surface area contributed by atoms with Gasteiger partial charge in [0.2, 0.25) is 0 Å². The Hall–Kier alpha value is -2.12. The summed E-state index contributed by atoms with van der Waals surface area (Å²) in [7, 11) is 0. The molecular weight excluding hydrogens is 293 g/mol. The third-order valence-electron chi connectivity index (χ3n) is 2.06. The van der Waals surface area contributed by atoms with E-state index in [1.54, 1.807) is 12.1 Å². The molecule has 0 spiro atoms. The highest BCUT2D eigenvalue weighted by Crippen LogP contribution is 2.29. The van der Waals surface area contributed by atoms with Crippen LogP contribution in [0.15, 0.2) is 30.9 Å². The maximum atomic E-state index is 11.6. The van der Waals surface area contributed by atoms with E-state index >= 15 is 0 Å². The molecule has 0 unspecified atom stereocenters. The molecule has 19 heavy (non-hydrogen) atoms. The summed E-state index contributed by atoms with van der Waals surface area (Å²) in [6, 6.07) is 4.69. The molecule has 98 valence electrons. The molecule has 1 heterocycles. The fourth-order valence-electron chi connectivity index (χ4n) is 1.21. The lowest BCUT2D eigenvalue weighted by Gasteiger charge is -2.08. The first-order chi connectivity index (χ1) is 9.08. The molecule has 1 aromatic heterocycles. The van der Waals surface area contributed by atoms with Gasteiger partial charge in [0, 0.05) is 0 Å². The summed E-state index contributed by atoms with van der Waals surface area (Å²) >= 11 is 11.7. The van der Waals surface area contributed by atoms with Crippen LogP contribution >= 0.6 is 23.2 Å². The first kappa shape index (κ1) is 13.3. The van der Waals surface area contributed by atoms with E-state index in [0.29, 0.717) is 0 Å². The lowest BCUT2D eigenvalue weighted by molar-refractivity contribution is -0.133. The van der Waals surface area contributed by atoms with Crippen LogP contribution in [0.25, 0.3) is 0 Å². The monoisotopic (exact) mass is 299 g/mol. The van der Waals surface area contributed by atoms with Gasteiger partial charge >= 0.3 is 11.8 Å². The second-order valence-corrected chi connectivity index (χ2v) is 4.15. The van der Waals surface area contributed by atoms with Crippen molar-refractivity contribution in [3.8, 4) is 0 Å². The highest BCUT2D eigenvalue weighted by molar-refractivity contribution is 6.46. The van der Waals surface area contributed by atoms with E-state index in [-0.39, 0.29) is 15.7 Å². The van der Waals surface area contributed by atoms with Crippen LogP contribution in [0.3, 0.4) is 0 Å². The fourth-order valence-corrected chi connectivity index (χ4v) is 1.55. The van der Waals surface area contributed by atoms with E-state index in [2.05, 4.69) is 20.9 Å². The number of nitrogens with zero attached hydrogens (tertiary/aromatic N) is 3. The molecule has 0 saturated carbocycles. The van der Waals surface area contributed by atoms with Gasteiger partial charge in [-0.15, -0.1) is 10.2 Å². The van der Waals surface area contributed by atoms with Crippen molar-refractivity contribution in [3.63, 3.8) is 0 Å². The smallest absolute Gasteiger partial charge is 0.316 e. The molecule has 2 aromatic rings. The zero-order chi connectivity index (χ0) is 13.8. The quantitative estimate of drug-likeness (QED) is 0.818. The Morgan fingerprint density at radius 3 is 2.47 bits per heavy atom. The maximum absolute atomic E-state index is 11.6. The molecule has 1 aromatic carbocycles. The molecule has 2 amide bonds. The van der Waals surface area contributed by atoms with E-state index in [1.807, 2.05) is 0 Å². The Kier molecular flexibility index (Phi) is 3.98. The summed E-state index contributed by atoms with van der Waals surface area (Å²) < 4.78 is 1.14. The van der Waals surface area contributed by atoms with E-state index in [4.69, 9.17) is 23.2 Å². The van der Waals surface area contributed by atoms with Crippen LogP contribution in [-0.2, 0) is 9.59 Å². The highest BCUT2D eigenvalue weighted by atomic mass is 35.5. The van der Waals surface area contributed by atoms with Crippen molar-refractivity contribution in [1.82, 2.24) is 14.9 Å². The van der Waals surface area contributed by atoms with Gasteiger partial charge in [0.25, 0.3) is 0 Å². The Bertz CT molecular complexity index is 614. The number of nitrogens with one attached hydrogen (secondary N) is 2. The summed E-state index contributed by atoms with van der Waals surface area (Å²) in [5.41, 5.74) is 2.49. The summed E-state index contributed by atoms with van der Waals surface area (Å²) in [5.74, 6) is -1.78. The lowest BCUT2D eigenvalue weighted by Crippen LogP contribution is -2.33. The number of amides is 2. The number of anilines is 1. The lowest BCUT2D eigenvalue weighted by atomic mass is 10.3. The fraction of sp³-hybridized carbons (Fsp3) is 0. The third-order valence-corrected chi connectivity index (χ3v) is 2.87. The summed E-state index contributed by atoms with van der Waals surface area (Å²) in [6.07, 6.45) is 2.47. The predicted octanol–water partition coefficient (Wildman–Crippen LogP) is 1.29. The average Bonchev–Trinajstić information content (AvgIpc) is 2.87. The second-order valence-electron chi connectivity index (χ2n) is 3.37. The van der Waals surface area contributed by atoms with Crippen LogP contribution in [0.5, 0.6) is 0 Å². The van der Waals surface area contributed by atoms with Gasteiger partial charge in [0.1, 0.15) is 12.7 Å². The van der Waals surface area contributed by atoms with Crippen molar-refractivity contribution in [3.05, 3.63) is 40.9 Å². The first-order valence-electron chi connectivity index (χ1n) is 4.99. The van der Waals surface area contributed by atoms with Crippen LogP contribution in [0.2, 0.25) is 10.0 Å². The Labute approximate surface area is 117 Å². The van der Waals surface area contributed by atoms with Crippen molar-refractivity contribution in [2.75, 3.05) is 10.7 Å². The summed E-state index contributed by atoms with van der Waals surface area (Å²) in [4.78, 5) is 23.2. The number of carbonyl (C=O) groups is 2. The molecule has 0 bridgehead atoms. The molecule has 2 rings (SSSR count). The minimum Gasteiger partial charge on any atom is -0.316 e. The number of benzene rings is 1. The van der Waals surface area contributed by atoms with Gasteiger partial charge < -0.3 is 5.32 Å².